The van der Waals surface area contributed by atoms with Crippen LogP contribution in [0.4, 0.5) is 0 Å². The SMILES string of the molecule is COCCC(=O)NC1CC(=O)N(CCc2ccccc2)C1. The van der Waals surface area contributed by atoms with Crippen molar-refractivity contribution in [1.82, 2.24) is 10.2 Å². The molecule has 1 fully saturated rings. The Hall–Kier alpha value is -1.88. The zero-order chi connectivity index (χ0) is 15.1. The van der Waals surface area contributed by atoms with E-state index in [9.17, 15) is 9.59 Å². The van der Waals surface area contributed by atoms with E-state index in [1.807, 2.05) is 23.1 Å². The van der Waals surface area contributed by atoms with Gasteiger partial charge in [-0.2, -0.15) is 0 Å². The maximum atomic E-state index is 12.0. The maximum absolute atomic E-state index is 12.0. The lowest BCUT2D eigenvalue weighted by atomic mass is 10.1. The topological polar surface area (TPSA) is 58.6 Å². The van der Waals surface area contributed by atoms with Crippen LogP contribution in [0.2, 0.25) is 0 Å². The summed E-state index contributed by atoms with van der Waals surface area (Å²) in [6.45, 7) is 1.71. The van der Waals surface area contributed by atoms with Crippen LogP contribution >= 0.6 is 0 Å². The van der Waals surface area contributed by atoms with Gasteiger partial charge in [0.15, 0.2) is 0 Å². The molecule has 0 saturated carbocycles. The van der Waals surface area contributed by atoms with Crippen molar-refractivity contribution in [3.05, 3.63) is 35.9 Å². The van der Waals surface area contributed by atoms with Gasteiger partial charge in [0.25, 0.3) is 0 Å². The lowest BCUT2D eigenvalue weighted by molar-refractivity contribution is -0.127. The Morgan fingerprint density at radius 1 is 1.38 bits per heavy atom. The van der Waals surface area contributed by atoms with E-state index in [4.69, 9.17) is 4.74 Å². The number of hydrogen-bond acceptors (Lipinski definition) is 3. The Labute approximate surface area is 125 Å². The van der Waals surface area contributed by atoms with Crippen molar-refractivity contribution in [2.45, 2.75) is 25.3 Å². The molecule has 1 N–H and O–H groups in total. The summed E-state index contributed by atoms with van der Waals surface area (Å²) in [5.41, 5.74) is 1.22. The van der Waals surface area contributed by atoms with Crippen LogP contribution < -0.4 is 5.32 Å². The second-order valence-corrected chi connectivity index (χ2v) is 5.29. The summed E-state index contributed by atoms with van der Waals surface area (Å²) in [6.07, 6.45) is 1.58. The number of amides is 2. The third-order valence-electron chi connectivity index (χ3n) is 3.63. The number of benzene rings is 1. The number of carbonyl (C=O) groups is 2. The molecule has 2 rings (SSSR count). The predicted octanol–water partition coefficient (Wildman–Crippen LogP) is 0.983. The first-order valence-corrected chi connectivity index (χ1v) is 7.29. The van der Waals surface area contributed by atoms with E-state index >= 15 is 0 Å². The molecule has 1 saturated heterocycles. The van der Waals surface area contributed by atoms with E-state index < -0.39 is 0 Å². The number of hydrogen-bond donors (Lipinski definition) is 1. The van der Waals surface area contributed by atoms with E-state index in [0.29, 0.717) is 32.5 Å². The number of carbonyl (C=O) groups excluding carboxylic acids is 2. The van der Waals surface area contributed by atoms with Gasteiger partial charge in [-0.05, 0) is 12.0 Å². The van der Waals surface area contributed by atoms with Crippen molar-refractivity contribution in [3.63, 3.8) is 0 Å². The van der Waals surface area contributed by atoms with E-state index in [2.05, 4.69) is 17.4 Å². The van der Waals surface area contributed by atoms with Crippen LogP contribution in [-0.4, -0.2) is 49.6 Å². The van der Waals surface area contributed by atoms with Gasteiger partial charge in [0.05, 0.1) is 12.6 Å². The van der Waals surface area contributed by atoms with Gasteiger partial charge in [0.2, 0.25) is 11.8 Å². The minimum atomic E-state index is -0.0716. The van der Waals surface area contributed by atoms with Crippen LogP contribution in [0.25, 0.3) is 0 Å². The first kappa shape index (κ1) is 15.5. The molecule has 1 aliphatic heterocycles. The van der Waals surface area contributed by atoms with Gasteiger partial charge in [-0.15, -0.1) is 0 Å². The third-order valence-corrected chi connectivity index (χ3v) is 3.63. The highest BCUT2D eigenvalue weighted by Gasteiger charge is 2.29. The zero-order valence-electron chi connectivity index (χ0n) is 12.4. The van der Waals surface area contributed by atoms with Crippen LogP contribution in [0.5, 0.6) is 0 Å². The fourth-order valence-corrected chi connectivity index (χ4v) is 2.49. The number of ether oxygens (including phenoxy) is 1. The molecule has 5 heteroatoms. The molecule has 0 bridgehead atoms. The molecule has 1 atom stereocenters. The van der Waals surface area contributed by atoms with Gasteiger partial charge in [-0.25, -0.2) is 0 Å². The third kappa shape index (κ3) is 4.86. The lowest BCUT2D eigenvalue weighted by Gasteiger charge is -2.17. The molecular formula is C16H22N2O3. The van der Waals surface area contributed by atoms with Crippen molar-refractivity contribution in [2.24, 2.45) is 0 Å². The Bertz CT molecular complexity index is 476. The average Bonchev–Trinajstić information content (AvgIpc) is 2.84. The summed E-state index contributed by atoms with van der Waals surface area (Å²) < 4.78 is 4.87. The van der Waals surface area contributed by atoms with Crippen LogP contribution in [0.15, 0.2) is 30.3 Å². The van der Waals surface area contributed by atoms with Gasteiger partial charge in [-0.1, -0.05) is 30.3 Å². The monoisotopic (exact) mass is 290 g/mol. The van der Waals surface area contributed by atoms with Crippen LogP contribution in [0, 0.1) is 0 Å². The molecule has 114 valence electrons. The fourth-order valence-electron chi connectivity index (χ4n) is 2.49. The molecule has 1 heterocycles. The van der Waals surface area contributed by atoms with Crippen molar-refractivity contribution < 1.29 is 14.3 Å². The van der Waals surface area contributed by atoms with E-state index in [1.54, 1.807) is 7.11 Å². The van der Waals surface area contributed by atoms with E-state index in [-0.39, 0.29) is 17.9 Å². The molecule has 21 heavy (non-hydrogen) atoms. The molecule has 1 unspecified atom stereocenters. The summed E-state index contributed by atoms with van der Waals surface area (Å²) in [4.78, 5) is 25.4. The van der Waals surface area contributed by atoms with Gasteiger partial charge in [-0.3, -0.25) is 9.59 Å². The highest BCUT2D eigenvalue weighted by molar-refractivity contribution is 5.82. The largest absolute Gasteiger partial charge is 0.384 e. The molecular weight excluding hydrogens is 268 g/mol. The Kier molecular flexibility index (Phi) is 5.75. The van der Waals surface area contributed by atoms with Crippen molar-refractivity contribution in [3.8, 4) is 0 Å². The number of nitrogens with one attached hydrogen (secondary N) is 1. The molecule has 0 radical (unpaired) electrons. The lowest BCUT2D eigenvalue weighted by Crippen LogP contribution is -2.37. The van der Waals surface area contributed by atoms with Gasteiger partial charge < -0.3 is 15.0 Å². The summed E-state index contributed by atoms with van der Waals surface area (Å²) >= 11 is 0. The molecule has 5 nitrogen and oxygen atoms in total. The van der Waals surface area contributed by atoms with E-state index in [1.165, 1.54) is 5.56 Å². The number of rotatable bonds is 7. The van der Waals surface area contributed by atoms with Gasteiger partial charge in [0, 0.05) is 33.0 Å². The van der Waals surface area contributed by atoms with Crippen LogP contribution in [-0.2, 0) is 20.7 Å². The minimum absolute atomic E-state index is 0.0560. The maximum Gasteiger partial charge on any atom is 0.224 e. The second kappa shape index (κ2) is 7.78. The molecule has 1 aromatic rings. The Morgan fingerprint density at radius 2 is 2.14 bits per heavy atom. The van der Waals surface area contributed by atoms with Crippen molar-refractivity contribution >= 4 is 11.8 Å². The number of nitrogens with zero attached hydrogens (tertiary/aromatic N) is 1. The number of methoxy groups -OCH3 is 1. The molecule has 0 aromatic heterocycles. The summed E-state index contributed by atoms with van der Waals surface area (Å²) in [6, 6.07) is 10.0. The highest BCUT2D eigenvalue weighted by atomic mass is 16.5. The molecule has 1 aromatic carbocycles. The van der Waals surface area contributed by atoms with Crippen molar-refractivity contribution in [1.29, 1.82) is 0 Å². The summed E-state index contributed by atoms with van der Waals surface area (Å²) in [5.74, 6) is 0.0579. The number of likely N-dealkylation sites (tertiary alicyclic amines) is 1. The quantitative estimate of drug-likeness (QED) is 0.814. The van der Waals surface area contributed by atoms with Crippen molar-refractivity contribution in [2.75, 3.05) is 26.8 Å². The normalized spacial score (nSPS) is 18.0. The average molecular weight is 290 g/mol. The zero-order valence-corrected chi connectivity index (χ0v) is 12.4. The molecule has 1 aliphatic rings. The Morgan fingerprint density at radius 3 is 2.86 bits per heavy atom. The first-order chi connectivity index (χ1) is 10.2. The molecule has 0 aliphatic carbocycles. The molecule has 2 amide bonds. The second-order valence-electron chi connectivity index (χ2n) is 5.29. The first-order valence-electron chi connectivity index (χ1n) is 7.29. The van der Waals surface area contributed by atoms with Crippen LogP contribution in [0.1, 0.15) is 18.4 Å². The fraction of sp³-hybridized carbons (Fsp3) is 0.500. The van der Waals surface area contributed by atoms with Gasteiger partial charge >= 0.3 is 0 Å². The standard InChI is InChI=1S/C16H22N2O3/c1-21-10-8-15(19)17-14-11-16(20)18(12-14)9-7-13-5-3-2-4-6-13/h2-6,14H,7-12H2,1H3,(H,17,19). The molecule has 0 spiro atoms. The summed E-state index contributed by atoms with van der Waals surface area (Å²) in [5, 5.41) is 2.89. The van der Waals surface area contributed by atoms with Crippen LogP contribution in [0.3, 0.4) is 0 Å². The minimum Gasteiger partial charge on any atom is -0.384 e. The van der Waals surface area contributed by atoms with E-state index in [0.717, 1.165) is 6.42 Å². The van der Waals surface area contributed by atoms with Gasteiger partial charge in [0.1, 0.15) is 0 Å². The highest BCUT2D eigenvalue weighted by Crippen LogP contribution is 2.12. The predicted molar refractivity (Wildman–Crippen MR) is 79.8 cm³/mol. The summed E-state index contributed by atoms with van der Waals surface area (Å²) in [7, 11) is 1.57. The smallest absolute Gasteiger partial charge is 0.224 e. The Balaban J connectivity index is 1.76.